The van der Waals surface area contributed by atoms with Crippen LogP contribution in [-0.4, -0.2) is 11.5 Å². The highest BCUT2D eigenvalue weighted by molar-refractivity contribution is 5.30. The summed E-state index contributed by atoms with van der Waals surface area (Å²) in [5, 5.41) is 9.75. The molecule has 0 heterocycles. The lowest BCUT2D eigenvalue weighted by atomic mass is 10.1. The zero-order valence-corrected chi connectivity index (χ0v) is 8.37. The standard InChI is InChI=1S/C11H11F3O2/c12-11(13,14)16-9-3-1-2-8(6-9)10(15)7-4-5-7/h1-3,6-7,10,15H,4-5H2. The summed E-state index contributed by atoms with van der Waals surface area (Å²) in [6, 6.07) is 5.50. The number of halogens is 3. The van der Waals surface area contributed by atoms with E-state index in [-0.39, 0.29) is 11.7 Å². The molecule has 0 aliphatic heterocycles. The van der Waals surface area contributed by atoms with Gasteiger partial charge in [-0.1, -0.05) is 12.1 Å². The number of ether oxygens (including phenoxy) is 1. The predicted octanol–water partition coefficient (Wildman–Crippen LogP) is 3.03. The SMILES string of the molecule is OC(c1cccc(OC(F)(F)F)c1)C1CC1. The van der Waals surface area contributed by atoms with Gasteiger partial charge in [-0.2, -0.15) is 0 Å². The molecule has 0 saturated heterocycles. The molecule has 1 aliphatic rings. The average molecular weight is 232 g/mol. The van der Waals surface area contributed by atoms with Crippen molar-refractivity contribution in [2.45, 2.75) is 25.3 Å². The molecule has 1 aliphatic carbocycles. The van der Waals surface area contributed by atoms with Crippen molar-refractivity contribution in [2.75, 3.05) is 0 Å². The highest BCUT2D eigenvalue weighted by Gasteiger charge is 2.33. The second kappa shape index (κ2) is 3.97. The number of rotatable bonds is 3. The minimum atomic E-state index is -4.69. The first kappa shape index (κ1) is 11.3. The fourth-order valence-corrected chi connectivity index (χ4v) is 1.58. The molecule has 16 heavy (non-hydrogen) atoms. The molecule has 0 aromatic heterocycles. The molecule has 1 aromatic carbocycles. The molecule has 88 valence electrons. The Labute approximate surface area is 90.7 Å². The number of benzene rings is 1. The van der Waals surface area contributed by atoms with Crippen LogP contribution in [0, 0.1) is 5.92 Å². The molecular formula is C11H11F3O2. The quantitative estimate of drug-likeness (QED) is 0.867. The Morgan fingerprint density at radius 1 is 1.31 bits per heavy atom. The van der Waals surface area contributed by atoms with E-state index in [2.05, 4.69) is 4.74 Å². The summed E-state index contributed by atoms with van der Waals surface area (Å²) < 4.78 is 39.7. The summed E-state index contributed by atoms with van der Waals surface area (Å²) in [6.07, 6.45) is -3.53. The van der Waals surface area contributed by atoms with Crippen LogP contribution in [0.4, 0.5) is 13.2 Å². The first-order valence-corrected chi connectivity index (χ1v) is 4.99. The lowest BCUT2D eigenvalue weighted by molar-refractivity contribution is -0.274. The van der Waals surface area contributed by atoms with E-state index in [0.29, 0.717) is 5.56 Å². The van der Waals surface area contributed by atoms with E-state index in [1.165, 1.54) is 18.2 Å². The third-order valence-electron chi connectivity index (χ3n) is 2.50. The van der Waals surface area contributed by atoms with Crippen LogP contribution >= 0.6 is 0 Å². The first-order chi connectivity index (χ1) is 7.46. The third kappa shape index (κ3) is 2.88. The van der Waals surface area contributed by atoms with Crippen LogP contribution in [0.15, 0.2) is 24.3 Å². The number of hydrogen-bond donors (Lipinski definition) is 1. The van der Waals surface area contributed by atoms with Crippen LogP contribution in [0.5, 0.6) is 5.75 Å². The van der Waals surface area contributed by atoms with Crippen LogP contribution in [0.3, 0.4) is 0 Å². The van der Waals surface area contributed by atoms with Crippen molar-refractivity contribution in [1.29, 1.82) is 0 Å². The summed E-state index contributed by atoms with van der Waals surface area (Å²) in [7, 11) is 0. The van der Waals surface area contributed by atoms with Crippen molar-refractivity contribution in [3.05, 3.63) is 29.8 Å². The Morgan fingerprint density at radius 3 is 2.56 bits per heavy atom. The van der Waals surface area contributed by atoms with Gasteiger partial charge in [0.2, 0.25) is 0 Å². The van der Waals surface area contributed by atoms with Crippen LogP contribution in [0.2, 0.25) is 0 Å². The lowest BCUT2D eigenvalue weighted by Gasteiger charge is -2.13. The molecule has 0 spiro atoms. The molecule has 1 N–H and O–H groups in total. The minimum absolute atomic E-state index is 0.182. The molecule has 1 unspecified atom stereocenters. The maximum Gasteiger partial charge on any atom is 0.573 e. The van der Waals surface area contributed by atoms with E-state index in [1.807, 2.05) is 0 Å². The second-order valence-electron chi connectivity index (χ2n) is 3.90. The summed E-state index contributed by atoms with van der Waals surface area (Å²) in [6.45, 7) is 0. The molecule has 1 atom stereocenters. The predicted molar refractivity (Wildman–Crippen MR) is 50.8 cm³/mol. The normalized spacial score (nSPS) is 18.2. The molecule has 1 saturated carbocycles. The largest absolute Gasteiger partial charge is 0.573 e. The zero-order chi connectivity index (χ0) is 11.8. The highest BCUT2D eigenvalue weighted by atomic mass is 19.4. The molecule has 5 heteroatoms. The Kier molecular flexibility index (Phi) is 2.80. The van der Waals surface area contributed by atoms with Gasteiger partial charge in [0, 0.05) is 0 Å². The Hall–Kier alpha value is -1.23. The number of alkyl halides is 3. The fourth-order valence-electron chi connectivity index (χ4n) is 1.58. The van der Waals surface area contributed by atoms with E-state index in [0.717, 1.165) is 12.8 Å². The van der Waals surface area contributed by atoms with Gasteiger partial charge >= 0.3 is 6.36 Å². The summed E-state index contributed by atoms with van der Waals surface area (Å²) in [5.41, 5.74) is 0.476. The molecule has 2 nitrogen and oxygen atoms in total. The van der Waals surface area contributed by atoms with Crippen LogP contribution < -0.4 is 4.74 Å². The molecule has 0 radical (unpaired) electrons. The second-order valence-corrected chi connectivity index (χ2v) is 3.90. The number of hydrogen-bond acceptors (Lipinski definition) is 2. The van der Waals surface area contributed by atoms with Gasteiger partial charge in [0.05, 0.1) is 6.10 Å². The van der Waals surface area contributed by atoms with E-state index >= 15 is 0 Å². The molecule has 2 rings (SSSR count). The molecule has 0 amide bonds. The van der Waals surface area contributed by atoms with Crippen molar-refractivity contribution in [3.63, 3.8) is 0 Å². The Morgan fingerprint density at radius 2 is 2.00 bits per heavy atom. The highest BCUT2D eigenvalue weighted by Crippen LogP contribution is 2.41. The molecule has 0 bridgehead atoms. The van der Waals surface area contributed by atoms with Gasteiger partial charge in [-0.05, 0) is 36.5 Å². The topological polar surface area (TPSA) is 29.5 Å². The van der Waals surface area contributed by atoms with E-state index in [9.17, 15) is 18.3 Å². The lowest BCUT2D eigenvalue weighted by Crippen LogP contribution is -2.17. The van der Waals surface area contributed by atoms with Crippen LogP contribution in [-0.2, 0) is 0 Å². The molecular weight excluding hydrogens is 221 g/mol. The van der Waals surface area contributed by atoms with Crippen molar-refractivity contribution in [2.24, 2.45) is 5.92 Å². The van der Waals surface area contributed by atoms with Gasteiger partial charge in [0.25, 0.3) is 0 Å². The maximum absolute atomic E-state index is 12.0. The van der Waals surface area contributed by atoms with E-state index < -0.39 is 12.5 Å². The Bertz CT molecular complexity index is 372. The monoisotopic (exact) mass is 232 g/mol. The van der Waals surface area contributed by atoms with E-state index in [4.69, 9.17) is 0 Å². The van der Waals surface area contributed by atoms with Crippen molar-refractivity contribution >= 4 is 0 Å². The summed E-state index contributed by atoms with van der Waals surface area (Å²) in [5.74, 6) is -0.106. The van der Waals surface area contributed by atoms with Crippen molar-refractivity contribution in [1.82, 2.24) is 0 Å². The molecule has 1 fully saturated rings. The van der Waals surface area contributed by atoms with Gasteiger partial charge in [-0.3, -0.25) is 0 Å². The smallest absolute Gasteiger partial charge is 0.406 e. The third-order valence-corrected chi connectivity index (χ3v) is 2.50. The minimum Gasteiger partial charge on any atom is -0.406 e. The van der Waals surface area contributed by atoms with E-state index in [1.54, 1.807) is 6.07 Å². The van der Waals surface area contributed by atoms with Crippen LogP contribution in [0.1, 0.15) is 24.5 Å². The number of aliphatic hydroxyl groups excluding tert-OH is 1. The summed E-state index contributed by atoms with van der Waals surface area (Å²) in [4.78, 5) is 0. The molecule has 1 aromatic rings. The fraction of sp³-hybridized carbons (Fsp3) is 0.455. The van der Waals surface area contributed by atoms with Crippen molar-refractivity contribution < 1.29 is 23.0 Å². The van der Waals surface area contributed by atoms with Gasteiger partial charge in [0.1, 0.15) is 5.75 Å². The van der Waals surface area contributed by atoms with Gasteiger partial charge in [-0.25, -0.2) is 0 Å². The van der Waals surface area contributed by atoms with Gasteiger partial charge in [0.15, 0.2) is 0 Å². The maximum atomic E-state index is 12.0. The van der Waals surface area contributed by atoms with Crippen molar-refractivity contribution in [3.8, 4) is 5.75 Å². The average Bonchev–Trinajstić information content (AvgIpc) is 2.97. The zero-order valence-electron chi connectivity index (χ0n) is 8.37. The van der Waals surface area contributed by atoms with Gasteiger partial charge < -0.3 is 9.84 Å². The van der Waals surface area contributed by atoms with Crippen LogP contribution in [0.25, 0.3) is 0 Å². The number of aliphatic hydroxyl groups is 1. The first-order valence-electron chi connectivity index (χ1n) is 4.99. The Balaban J connectivity index is 2.12. The summed E-state index contributed by atoms with van der Waals surface area (Å²) >= 11 is 0. The van der Waals surface area contributed by atoms with Gasteiger partial charge in [-0.15, -0.1) is 13.2 Å².